The van der Waals surface area contributed by atoms with Gasteiger partial charge in [0, 0.05) is 31.8 Å². The van der Waals surface area contributed by atoms with E-state index in [9.17, 15) is 4.79 Å². The van der Waals surface area contributed by atoms with Gasteiger partial charge in [0.25, 0.3) is 0 Å². The standard InChI is InChI=1S/C15H25N3OS/c1-4-6-14(19)18-8-5-7-12(10-18)15-17-16-13(20-15)9-11(2)3/h11-12H,4-10H2,1-3H3. The quantitative estimate of drug-likeness (QED) is 0.837. The molecule has 0 radical (unpaired) electrons. The molecule has 1 atom stereocenters. The molecule has 1 saturated heterocycles. The Balaban J connectivity index is 1.98. The molecule has 0 bridgehead atoms. The Morgan fingerprint density at radius 3 is 2.95 bits per heavy atom. The van der Waals surface area contributed by atoms with Crippen molar-refractivity contribution in [1.29, 1.82) is 0 Å². The molecule has 1 aliphatic rings. The molecule has 0 aromatic carbocycles. The number of piperidine rings is 1. The first-order valence-electron chi connectivity index (χ1n) is 7.70. The molecule has 1 aromatic heterocycles. The monoisotopic (exact) mass is 295 g/mol. The van der Waals surface area contributed by atoms with Crippen LogP contribution < -0.4 is 0 Å². The minimum atomic E-state index is 0.295. The third kappa shape index (κ3) is 4.01. The van der Waals surface area contributed by atoms with Crippen molar-refractivity contribution >= 4 is 17.2 Å². The summed E-state index contributed by atoms with van der Waals surface area (Å²) >= 11 is 1.73. The highest BCUT2D eigenvalue weighted by Gasteiger charge is 2.26. The van der Waals surface area contributed by atoms with Crippen molar-refractivity contribution < 1.29 is 4.79 Å². The summed E-state index contributed by atoms with van der Waals surface area (Å²) in [5.41, 5.74) is 0. The summed E-state index contributed by atoms with van der Waals surface area (Å²) in [6.07, 6.45) is 4.81. The molecule has 0 spiro atoms. The highest BCUT2D eigenvalue weighted by Crippen LogP contribution is 2.30. The molecule has 1 aliphatic heterocycles. The fraction of sp³-hybridized carbons (Fsp3) is 0.800. The predicted molar refractivity (Wildman–Crippen MR) is 81.9 cm³/mol. The molecule has 0 N–H and O–H groups in total. The van der Waals surface area contributed by atoms with Crippen molar-refractivity contribution in [2.75, 3.05) is 13.1 Å². The molecule has 1 fully saturated rings. The van der Waals surface area contributed by atoms with Crippen molar-refractivity contribution in [3.05, 3.63) is 10.0 Å². The smallest absolute Gasteiger partial charge is 0.222 e. The van der Waals surface area contributed by atoms with Gasteiger partial charge in [0.2, 0.25) is 5.91 Å². The predicted octanol–water partition coefficient (Wildman–Crippen LogP) is 3.24. The number of nitrogens with zero attached hydrogens (tertiary/aromatic N) is 3. The molecule has 20 heavy (non-hydrogen) atoms. The largest absolute Gasteiger partial charge is 0.342 e. The van der Waals surface area contributed by atoms with Crippen molar-refractivity contribution in [1.82, 2.24) is 15.1 Å². The van der Waals surface area contributed by atoms with Crippen molar-refractivity contribution in [2.45, 2.75) is 58.8 Å². The maximum absolute atomic E-state index is 12.0. The number of rotatable bonds is 5. The Hall–Kier alpha value is -0.970. The average molecular weight is 295 g/mol. The van der Waals surface area contributed by atoms with E-state index in [1.54, 1.807) is 11.3 Å². The van der Waals surface area contributed by atoms with E-state index in [4.69, 9.17) is 0 Å². The normalized spacial score (nSPS) is 19.6. The van der Waals surface area contributed by atoms with Gasteiger partial charge in [-0.3, -0.25) is 4.79 Å². The molecule has 1 amide bonds. The van der Waals surface area contributed by atoms with Gasteiger partial charge in [-0.2, -0.15) is 0 Å². The van der Waals surface area contributed by atoms with E-state index < -0.39 is 0 Å². The number of hydrogen-bond acceptors (Lipinski definition) is 4. The van der Waals surface area contributed by atoms with Crippen LogP contribution >= 0.6 is 11.3 Å². The third-order valence-electron chi connectivity index (χ3n) is 3.65. The third-order valence-corrected chi connectivity index (χ3v) is 4.76. The Bertz CT molecular complexity index is 444. The van der Waals surface area contributed by atoms with Gasteiger partial charge in [-0.05, 0) is 25.2 Å². The highest BCUT2D eigenvalue weighted by atomic mass is 32.1. The first kappa shape index (κ1) is 15.4. The second-order valence-electron chi connectivity index (χ2n) is 6.06. The Labute approximate surface area is 125 Å². The summed E-state index contributed by atoms with van der Waals surface area (Å²) in [5.74, 6) is 1.30. The lowest BCUT2D eigenvalue weighted by Gasteiger charge is -2.31. The van der Waals surface area contributed by atoms with Gasteiger partial charge in [-0.25, -0.2) is 0 Å². The van der Waals surface area contributed by atoms with E-state index >= 15 is 0 Å². The lowest BCUT2D eigenvalue weighted by Crippen LogP contribution is -2.38. The van der Waals surface area contributed by atoms with Gasteiger partial charge in [0.05, 0.1) is 0 Å². The first-order chi connectivity index (χ1) is 9.60. The van der Waals surface area contributed by atoms with Crippen molar-refractivity contribution in [3.8, 4) is 0 Å². The van der Waals surface area contributed by atoms with Gasteiger partial charge in [0.1, 0.15) is 10.0 Å². The zero-order valence-corrected chi connectivity index (χ0v) is 13.6. The molecule has 1 aromatic rings. The molecule has 5 heteroatoms. The second kappa shape index (κ2) is 7.16. The van der Waals surface area contributed by atoms with Crippen molar-refractivity contribution in [2.24, 2.45) is 5.92 Å². The van der Waals surface area contributed by atoms with Gasteiger partial charge < -0.3 is 4.90 Å². The van der Waals surface area contributed by atoms with E-state index in [1.165, 1.54) is 0 Å². The summed E-state index contributed by atoms with van der Waals surface area (Å²) in [4.78, 5) is 14.0. The highest BCUT2D eigenvalue weighted by molar-refractivity contribution is 7.11. The summed E-state index contributed by atoms with van der Waals surface area (Å²) in [7, 11) is 0. The topological polar surface area (TPSA) is 46.1 Å². The number of amides is 1. The number of aromatic nitrogens is 2. The fourth-order valence-electron chi connectivity index (χ4n) is 2.64. The van der Waals surface area contributed by atoms with Crippen LogP contribution in [0.3, 0.4) is 0 Å². The lowest BCUT2D eigenvalue weighted by molar-refractivity contribution is -0.132. The Morgan fingerprint density at radius 1 is 1.45 bits per heavy atom. The van der Waals surface area contributed by atoms with E-state index in [0.717, 1.165) is 48.8 Å². The maximum atomic E-state index is 12.0. The lowest BCUT2D eigenvalue weighted by atomic mass is 9.98. The van der Waals surface area contributed by atoms with Gasteiger partial charge >= 0.3 is 0 Å². The van der Waals surface area contributed by atoms with E-state index in [1.807, 2.05) is 4.90 Å². The number of carbonyl (C=O) groups is 1. The number of hydrogen-bond donors (Lipinski definition) is 0. The Kier molecular flexibility index (Phi) is 5.52. The molecule has 0 aliphatic carbocycles. The number of carbonyl (C=O) groups excluding carboxylic acids is 1. The van der Waals surface area contributed by atoms with Gasteiger partial charge in [-0.15, -0.1) is 21.5 Å². The van der Waals surface area contributed by atoms with Crippen LogP contribution in [-0.2, 0) is 11.2 Å². The maximum Gasteiger partial charge on any atom is 0.222 e. The van der Waals surface area contributed by atoms with Crippen LogP contribution in [0.15, 0.2) is 0 Å². The number of likely N-dealkylation sites (tertiary alicyclic amines) is 1. The molecule has 4 nitrogen and oxygen atoms in total. The fourth-order valence-corrected chi connectivity index (χ4v) is 3.82. The van der Waals surface area contributed by atoms with E-state index in [2.05, 4.69) is 31.0 Å². The van der Waals surface area contributed by atoms with Crippen LogP contribution in [0, 0.1) is 5.92 Å². The average Bonchev–Trinajstić information content (AvgIpc) is 2.87. The summed E-state index contributed by atoms with van der Waals surface area (Å²) < 4.78 is 0. The van der Waals surface area contributed by atoms with E-state index in [0.29, 0.717) is 24.2 Å². The zero-order valence-electron chi connectivity index (χ0n) is 12.8. The summed E-state index contributed by atoms with van der Waals surface area (Å²) in [5, 5.41) is 10.9. The van der Waals surface area contributed by atoms with Crippen LogP contribution in [0.5, 0.6) is 0 Å². The van der Waals surface area contributed by atoms with Crippen LogP contribution in [0.1, 0.15) is 62.4 Å². The molecule has 0 saturated carbocycles. The van der Waals surface area contributed by atoms with Crippen LogP contribution in [0.2, 0.25) is 0 Å². The van der Waals surface area contributed by atoms with Gasteiger partial charge in [-0.1, -0.05) is 20.8 Å². The molecule has 1 unspecified atom stereocenters. The van der Waals surface area contributed by atoms with Crippen LogP contribution in [-0.4, -0.2) is 34.1 Å². The molecule has 2 heterocycles. The molecule has 2 rings (SSSR count). The first-order valence-corrected chi connectivity index (χ1v) is 8.51. The van der Waals surface area contributed by atoms with Gasteiger partial charge in [0.15, 0.2) is 0 Å². The second-order valence-corrected chi connectivity index (χ2v) is 7.15. The minimum Gasteiger partial charge on any atom is -0.342 e. The summed E-state index contributed by atoms with van der Waals surface area (Å²) in [6, 6.07) is 0. The van der Waals surface area contributed by atoms with E-state index in [-0.39, 0.29) is 0 Å². The molecular formula is C15H25N3OS. The van der Waals surface area contributed by atoms with Crippen LogP contribution in [0.4, 0.5) is 0 Å². The Morgan fingerprint density at radius 2 is 2.25 bits per heavy atom. The molecule has 112 valence electrons. The SMILES string of the molecule is CCCC(=O)N1CCCC(c2nnc(CC(C)C)s2)C1. The van der Waals surface area contributed by atoms with Crippen LogP contribution in [0.25, 0.3) is 0 Å². The van der Waals surface area contributed by atoms with Crippen molar-refractivity contribution in [3.63, 3.8) is 0 Å². The zero-order chi connectivity index (χ0) is 14.5. The minimum absolute atomic E-state index is 0.295. The summed E-state index contributed by atoms with van der Waals surface area (Å²) in [6.45, 7) is 8.20. The molecular weight excluding hydrogens is 270 g/mol.